The minimum absolute atomic E-state index is 0.000741. The Hall–Kier alpha value is -2.63. The maximum absolute atomic E-state index is 11.3. The van der Waals surface area contributed by atoms with Crippen LogP contribution in [0.25, 0.3) is 0 Å². The summed E-state index contributed by atoms with van der Waals surface area (Å²) in [5.74, 6) is -0.427. The van der Waals surface area contributed by atoms with E-state index < -0.39 is 11.5 Å². The molecule has 0 unspecified atom stereocenters. The second-order valence-corrected chi connectivity index (χ2v) is 4.49. The molecule has 2 rings (SSSR count). The van der Waals surface area contributed by atoms with E-state index in [1.807, 2.05) is 32.0 Å². The molecule has 6 nitrogen and oxygen atoms in total. The Morgan fingerprint density at radius 3 is 2.50 bits per heavy atom. The van der Waals surface area contributed by atoms with Crippen LogP contribution >= 0.6 is 0 Å². The molecule has 0 aliphatic heterocycles. The Morgan fingerprint density at radius 1 is 1.25 bits per heavy atom. The van der Waals surface area contributed by atoms with Crippen LogP contribution in [0, 0.1) is 13.8 Å². The molecule has 20 heavy (non-hydrogen) atoms. The number of carboxylic acids is 1. The number of nitrogens with zero attached hydrogens (tertiary/aromatic N) is 1. The molecule has 1 aromatic carbocycles. The van der Waals surface area contributed by atoms with E-state index in [4.69, 9.17) is 9.84 Å². The first-order chi connectivity index (χ1) is 9.44. The first-order valence-electron chi connectivity index (χ1n) is 5.98. The predicted octanol–water partition coefficient (Wildman–Crippen LogP) is 1.66. The van der Waals surface area contributed by atoms with Crippen LogP contribution in [0.1, 0.15) is 27.4 Å². The Morgan fingerprint density at radius 2 is 1.90 bits per heavy atom. The molecule has 0 bridgehead atoms. The number of aryl methyl sites for hydroxylation is 2. The summed E-state index contributed by atoms with van der Waals surface area (Å²) in [6.45, 7) is 3.90. The summed E-state index contributed by atoms with van der Waals surface area (Å²) >= 11 is 0. The molecule has 1 aromatic heterocycles. The van der Waals surface area contributed by atoms with E-state index in [0.29, 0.717) is 5.75 Å². The molecule has 1 heterocycles. The summed E-state index contributed by atoms with van der Waals surface area (Å²) in [5.41, 5.74) is 1.30. The molecule has 6 heteroatoms. The highest BCUT2D eigenvalue weighted by Crippen LogP contribution is 2.16. The number of hydrogen-bond acceptors (Lipinski definition) is 4. The number of carbonyl (C=O) groups is 1. The maximum Gasteiger partial charge on any atom is 0.354 e. The van der Waals surface area contributed by atoms with E-state index in [9.17, 15) is 9.59 Å². The summed E-state index contributed by atoms with van der Waals surface area (Å²) < 4.78 is 5.52. The molecule has 0 aliphatic rings. The zero-order chi connectivity index (χ0) is 14.7. The summed E-state index contributed by atoms with van der Waals surface area (Å²) in [6, 6.07) is 6.65. The van der Waals surface area contributed by atoms with Crippen LogP contribution in [-0.2, 0) is 6.61 Å². The molecule has 0 amide bonds. The van der Waals surface area contributed by atoms with Crippen molar-refractivity contribution in [3.05, 3.63) is 57.3 Å². The number of ether oxygens (including phenoxy) is 1. The van der Waals surface area contributed by atoms with Crippen LogP contribution in [0.3, 0.4) is 0 Å². The first kappa shape index (κ1) is 13.8. The van der Waals surface area contributed by atoms with Crippen molar-refractivity contribution in [1.29, 1.82) is 0 Å². The van der Waals surface area contributed by atoms with Gasteiger partial charge in [0.25, 0.3) is 5.56 Å². The third kappa shape index (κ3) is 3.44. The van der Waals surface area contributed by atoms with E-state index in [0.717, 1.165) is 17.2 Å². The fourth-order valence-electron chi connectivity index (χ4n) is 1.85. The second kappa shape index (κ2) is 5.56. The lowest BCUT2D eigenvalue weighted by Crippen LogP contribution is -2.17. The summed E-state index contributed by atoms with van der Waals surface area (Å²) in [4.78, 5) is 28.4. The second-order valence-electron chi connectivity index (χ2n) is 4.49. The third-order valence-electron chi connectivity index (χ3n) is 2.58. The largest absolute Gasteiger partial charge is 0.486 e. The van der Waals surface area contributed by atoms with Crippen molar-refractivity contribution in [2.24, 2.45) is 0 Å². The number of rotatable bonds is 4. The smallest absolute Gasteiger partial charge is 0.354 e. The fourth-order valence-corrected chi connectivity index (χ4v) is 1.85. The van der Waals surface area contributed by atoms with Gasteiger partial charge in [-0.05, 0) is 37.1 Å². The van der Waals surface area contributed by atoms with E-state index >= 15 is 0 Å². The highest BCUT2D eigenvalue weighted by atomic mass is 16.5. The van der Waals surface area contributed by atoms with E-state index in [2.05, 4.69) is 9.97 Å². The monoisotopic (exact) mass is 274 g/mol. The van der Waals surface area contributed by atoms with Crippen LogP contribution < -0.4 is 10.3 Å². The molecular formula is C14H14N2O4. The Balaban J connectivity index is 2.18. The molecule has 0 saturated carbocycles. The first-order valence-corrected chi connectivity index (χ1v) is 5.98. The molecule has 104 valence electrons. The van der Waals surface area contributed by atoms with Gasteiger partial charge in [-0.3, -0.25) is 4.79 Å². The van der Waals surface area contributed by atoms with Gasteiger partial charge < -0.3 is 14.8 Å². The molecule has 2 N–H and O–H groups in total. The number of aromatic carboxylic acids is 1. The standard InChI is InChI=1S/C14H14N2O4/c1-8-3-9(2)5-10(4-8)20-7-12-15-11(14(18)19)6-13(17)16-12/h3-6H,7H2,1-2H3,(H,18,19)(H,15,16,17). The molecule has 0 fully saturated rings. The van der Waals surface area contributed by atoms with E-state index in [-0.39, 0.29) is 18.1 Å². The molecule has 2 aromatic rings. The number of carboxylic acid groups (broad SMARTS) is 1. The zero-order valence-corrected chi connectivity index (χ0v) is 11.1. The van der Waals surface area contributed by atoms with Crippen molar-refractivity contribution >= 4 is 5.97 Å². The van der Waals surface area contributed by atoms with Gasteiger partial charge in [-0.1, -0.05) is 6.07 Å². The average Bonchev–Trinajstić information content (AvgIpc) is 2.34. The molecule has 0 saturated heterocycles. The number of aromatic amines is 1. The van der Waals surface area contributed by atoms with Gasteiger partial charge in [-0.25, -0.2) is 9.78 Å². The van der Waals surface area contributed by atoms with Crippen LogP contribution in [-0.4, -0.2) is 21.0 Å². The van der Waals surface area contributed by atoms with Crippen molar-refractivity contribution in [1.82, 2.24) is 9.97 Å². The number of benzene rings is 1. The minimum atomic E-state index is -1.25. The van der Waals surface area contributed by atoms with Crippen molar-refractivity contribution in [2.45, 2.75) is 20.5 Å². The SMILES string of the molecule is Cc1cc(C)cc(OCc2nc(C(=O)O)cc(=O)[nH]2)c1. The van der Waals surface area contributed by atoms with Crippen molar-refractivity contribution < 1.29 is 14.6 Å². The van der Waals surface area contributed by atoms with Crippen LogP contribution in [0.4, 0.5) is 0 Å². The predicted molar refractivity (Wildman–Crippen MR) is 72.1 cm³/mol. The number of aromatic nitrogens is 2. The van der Waals surface area contributed by atoms with Crippen molar-refractivity contribution in [2.75, 3.05) is 0 Å². The highest BCUT2D eigenvalue weighted by molar-refractivity contribution is 5.85. The van der Waals surface area contributed by atoms with Crippen LogP contribution in [0.15, 0.2) is 29.1 Å². The summed E-state index contributed by atoms with van der Waals surface area (Å²) in [7, 11) is 0. The maximum atomic E-state index is 11.3. The fraction of sp³-hybridized carbons (Fsp3) is 0.214. The van der Waals surface area contributed by atoms with Gasteiger partial charge in [0.2, 0.25) is 0 Å². The Bertz CT molecular complexity index is 686. The highest BCUT2D eigenvalue weighted by Gasteiger charge is 2.08. The molecule has 0 spiro atoms. The van der Waals surface area contributed by atoms with Gasteiger partial charge in [-0.15, -0.1) is 0 Å². The van der Waals surface area contributed by atoms with Gasteiger partial charge in [0.15, 0.2) is 5.69 Å². The minimum Gasteiger partial charge on any atom is -0.486 e. The Labute approximate surface area is 115 Å². The summed E-state index contributed by atoms with van der Waals surface area (Å²) in [5, 5.41) is 8.84. The lowest BCUT2D eigenvalue weighted by atomic mass is 10.1. The van der Waals surface area contributed by atoms with E-state index in [1.54, 1.807) is 0 Å². The zero-order valence-electron chi connectivity index (χ0n) is 11.1. The lowest BCUT2D eigenvalue weighted by Gasteiger charge is -2.08. The Kier molecular flexibility index (Phi) is 3.84. The number of nitrogens with one attached hydrogen (secondary N) is 1. The molecule has 0 atom stereocenters. The van der Waals surface area contributed by atoms with E-state index in [1.165, 1.54) is 0 Å². The van der Waals surface area contributed by atoms with Gasteiger partial charge >= 0.3 is 5.97 Å². The van der Waals surface area contributed by atoms with Crippen LogP contribution in [0.2, 0.25) is 0 Å². The quantitative estimate of drug-likeness (QED) is 0.884. The lowest BCUT2D eigenvalue weighted by molar-refractivity contribution is 0.0689. The van der Waals surface area contributed by atoms with Gasteiger partial charge in [-0.2, -0.15) is 0 Å². The van der Waals surface area contributed by atoms with Crippen molar-refractivity contribution in [3.63, 3.8) is 0 Å². The van der Waals surface area contributed by atoms with Gasteiger partial charge in [0.05, 0.1) is 0 Å². The molecule has 0 radical (unpaired) electrons. The van der Waals surface area contributed by atoms with Crippen molar-refractivity contribution in [3.8, 4) is 5.75 Å². The van der Waals surface area contributed by atoms with Gasteiger partial charge in [0, 0.05) is 6.07 Å². The third-order valence-corrected chi connectivity index (χ3v) is 2.58. The number of hydrogen-bond donors (Lipinski definition) is 2. The van der Waals surface area contributed by atoms with Crippen LogP contribution in [0.5, 0.6) is 5.75 Å². The topological polar surface area (TPSA) is 92.3 Å². The molecule has 0 aliphatic carbocycles. The molecular weight excluding hydrogens is 260 g/mol. The summed E-state index contributed by atoms with van der Waals surface area (Å²) in [6.07, 6.45) is 0. The number of H-pyrrole nitrogens is 1. The average molecular weight is 274 g/mol. The van der Waals surface area contributed by atoms with Gasteiger partial charge in [0.1, 0.15) is 18.2 Å². The normalized spacial score (nSPS) is 10.3.